The molecule has 1 unspecified atom stereocenters. The lowest BCUT2D eigenvalue weighted by atomic mass is 10.2. The van der Waals surface area contributed by atoms with E-state index in [1.165, 1.54) is 14.1 Å². The zero-order valence-electron chi connectivity index (χ0n) is 11.3. The standard InChI is InChI=1S/C9H21N3O5S2/c1-12(2)19(16,17)7-5-11-9(13)8(10)4-6-18(3,14)15/h8H,4-7,10H2,1-3H3,(H,11,13). The van der Waals surface area contributed by atoms with Gasteiger partial charge in [0.15, 0.2) is 0 Å². The first-order chi connectivity index (χ1) is 8.46. The Kier molecular flexibility index (Phi) is 6.91. The number of carbonyl (C=O) groups is 1. The van der Waals surface area contributed by atoms with Crippen molar-refractivity contribution < 1.29 is 21.6 Å². The summed E-state index contributed by atoms with van der Waals surface area (Å²) >= 11 is 0. The third-order valence-electron chi connectivity index (χ3n) is 2.35. The summed E-state index contributed by atoms with van der Waals surface area (Å²) in [5.41, 5.74) is 5.50. The molecule has 1 amide bonds. The van der Waals surface area contributed by atoms with E-state index >= 15 is 0 Å². The molecule has 0 saturated heterocycles. The van der Waals surface area contributed by atoms with E-state index in [1.54, 1.807) is 0 Å². The van der Waals surface area contributed by atoms with Crippen molar-refractivity contribution in [2.24, 2.45) is 5.73 Å². The van der Waals surface area contributed by atoms with Crippen molar-refractivity contribution in [1.29, 1.82) is 0 Å². The minimum Gasteiger partial charge on any atom is -0.354 e. The maximum Gasteiger partial charge on any atom is 0.236 e. The van der Waals surface area contributed by atoms with Crippen LogP contribution in [0, 0.1) is 0 Å². The fourth-order valence-corrected chi connectivity index (χ4v) is 2.50. The zero-order valence-corrected chi connectivity index (χ0v) is 12.9. The molecule has 0 aromatic heterocycles. The third-order valence-corrected chi connectivity index (χ3v) is 5.16. The van der Waals surface area contributed by atoms with Crippen molar-refractivity contribution in [1.82, 2.24) is 9.62 Å². The maximum absolute atomic E-state index is 11.5. The highest BCUT2D eigenvalue weighted by Gasteiger charge is 2.18. The molecule has 0 heterocycles. The highest BCUT2D eigenvalue weighted by molar-refractivity contribution is 7.90. The number of amides is 1. The highest BCUT2D eigenvalue weighted by atomic mass is 32.2. The van der Waals surface area contributed by atoms with E-state index in [0.717, 1.165) is 10.6 Å². The first-order valence-corrected chi connectivity index (χ1v) is 9.24. The Bertz CT molecular complexity index is 498. The first-order valence-electron chi connectivity index (χ1n) is 5.57. The Labute approximate surface area is 114 Å². The van der Waals surface area contributed by atoms with Gasteiger partial charge in [-0.2, -0.15) is 0 Å². The topological polar surface area (TPSA) is 127 Å². The van der Waals surface area contributed by atoms with Crippen LogP contribution in [0.3, 0.4) is 0 Å². The largest absolute Gasteiger partial charge is 0.354 e. The van der Waals surface area contributed by atoms with Crippen LogP contribution in [0.4, 0.5) is 0 Å². The van der Waals surface area contributed by atoms with Crippen LogP contribution in [-0.4, -0.2) is 71.5 Å². The van der Waals surface area contributed by atoms with Crippen molar-refractivity contribution in [3.8, 4) is 0 Å². The molecule has 0 aliphatic carbocycles. The molecule has 0 bridgehead atoms. The van der Waals surface area contributed by atoms with Gasteiger partial charge in [0.05, 0.1) is 17.5 Å². The van der Waals surface area contributed by atoms with E-state index in [4.69, 9.17) is 5.73 Å². The number of nitrogens with one attached hydrogen (secondary N) is 1. The first kappa shape index (κ1) is 18.3. The van der Waals surface area contributed by atoms with Gasteiger partial charge in [0.2, 0.25) is 15.9 Å². The van der Waals surface area contributed by atoms with Gasteiger partial charge < -0.3 is 11.1 Å². The van der Waals surface area contributed by atoms with Crippen molar-refractivity contribution in [3.63, 3.8) is 0 Å². The van der Waals surface area contributed by atoms with Crippen LogP contribution in [0.25, 0.3) is 0 Å². The fraction of sp³-hybridized carbons (Fsp3) is 0.889. The Morgan fingerprint density at radius 1 is 1.21 bits per heavy atom. The van der Waals surface area contributed by atoms with Crippen molar-refractivity contribution in [3.05, 3.63) is 0 Å². The van der Waals surface area contributed by atoms with Crippen molar-refractivity contribution in [2.75, 3.05) is 38.4 Å². The van der Waals surface area contributed by atoms with Gasteiger partial charge in [0.25, 0.3) is 0 Å². The summed E-state index contributed by atoms with van der Waals surface area (Å²) < 4.78 is 45.7. The number of hydrogen-bond acceptors (Lipinski definition) is 6. The molecule has 0 aliphatic rings. The summed E-state index contributed by atoms with van der Waals surface area (Å²) in [7, 11) is -3.75. The predicted octanol–water partition coefficient (Wildman–Crippen LogP) is -2.24. The molecular weight excluding hydrogens is 294 g/mol. The van der Waals surface area contributed by atoms with Gasteiger partial charge in [0.1, 0.15) is 9.84 Å². The van der Waals surface area contributed by atoms with Gasteiger partial charge in [0, 0.05) is 26.9 Å². The normalized spacial score (nSPS) is 14.4. The second-order valence-corrected chi connectivity index (χ2v) is 8.98. The molecule has 0 fully saturated rings. The smallest absolute Gasteiger partial charge is 0.236 e. The number of nitrogens with two attached hydrogens (primary N) is 1. The van der Waals surface area contributed by atoms with Crippen LogP contribution in [0.1, 0.15) is 6.42 Å². The van der Waals surface area contributed by atoms with Crippen LogP contribution >= 0.6 is 0 Å². The van der Waals surface area contributed by atoms with Gasteiger partial charge in [-0.3, -0.25) is 4.79 Å². The number of sulfone groups is 1. The molecular formula is C9H21N3O5S2. The monoisotopic (exact) mass is 315 g/mol. The van der Waals surface area contributed by atoms with E-state index in [0.29, 0.717) is 0 Å². The fourth-order valence-electron chi connectivity index (χ4n) is 1.09. The zero-order chi connectivity index (χ0) is 15.3. The van der Waals surface area contributed by atoms with Gasteiger partial charge in [-0.15, -0.1) is 0 Å². The summed E-state index contributed by atoms with van der Waals surface area (Å²) in [5.74, 6) is -0.972. The van der Waals surface area contributed by atoms with E-state index in [2.05, 4.69) is 5.32 Å². The van der Waals surface area contributed by atoms with E-state index in [9.17, 15) is 21.6 Å². The lowest BCUT2D eigenvalue weighted by molar-refractivity contribution is -0.122. The SMILES string of the molecule is CN(C)S(=O)(=O)CCNC(=O)C(N)CCS(C)(=O)=O. The van der Waals surface area contributed by atoms with Crippen LogP contribution in [-0.2, 0) is 24.7 Å². The van der Waals surface area contributed by atoms with Crippen molar-refractivity contribution in [2.45, 2.75) is 12.5 Å². The Balaban J connectivity index is 4.12. The molecule has 0 rings (SSSR count). The minimum atomic E-state index is -3.37. The van der Waals surface area contributed by atoms with Gasteiger partial charge in [-0.25, -0.2) is 21.1 Å². The molecule has 3 N–H and O–H groups in total. The summed E-state index contributed by atoms with van der Waals surface area (Å²) in [6.45, 7) is -0.0636. The van der Waals surface area contributed by atoms with E-state index in [-0.39, 0.29) is 24.5 Å². The second-order valence-electron chi connectivity index (χ2n) is 4.41. The third kappa shape index (κ3) is 8.14. The molecule has 0 aliphatic heterocycles. The summed E-state index contributed by atoms with van der Waals surface area (Å²) in [4.78, 5) is 11.5. The molecule has 10 heteroatoms. The number of carbonyl (C=O) groups excluding carboxylic acids is 1. The molecule has 0 aromatic rings. The Hall–Kier alpha value is -0.710. The van der Waals surface area contributed by atoms with Gasteiger partial charge in [-0.05, 0) is 6.42 Å². The molecule has 0 saturated carbocycles. The predicted molar refractivity (Wildman–Crippen MR) is 72.8 cm³/mol. The maximum atomic E-state index is 11.5. The number of nitrogens with zero attached hydrogens (tertiary/aromatic N) is 1. The number of sulfonamides is 1. The summed E-state index contributed by atoms with van der Waals surface area (Å²) in [6.07, 6.45) is 1.06. The highest BCUT2D eigenvalue weighted by Crippen LogP contribution is 1.95. The Morgan fingerprint density at radius 2 is 1.74 bits per heavy atom. The minimum absolute atomic E-state index is 0.00506. The van der Waals surface area contributed by atoms with E-state index < -0.39 is 31.8 Å². The average Bonchev–Trinajstić information content (AvgIpc) is 2.24. The molecule has 0 aromatic carbocycles. The molecule has 19 heavy (non-hydrogen) atoms. The van der Waals surface area contributed by atoms with Crippen molar-refractivity contribution >= 4 is 25.8 Å². The molecule has 1 atom stereocenters. The van der Waals surface area contributed by atoms with Gasteiger partial charge in [-0.1, -0.05) is 0 Å². The lowest BCUT2D eigenvalue weighted by Gasteiger charge is -2.14. The molecule has 0 spiro atoms. The van der Waals surface area contributed by atoms with Crippen LogP contribution in [0.5, 0.6) is 0 Å². The van der Waals surface area contributed by atoms with Gasteiger partial charge >= 0.3 is 0 Å². The van der Waals surface area contributed by atoms with E-state index in [1.807, 2.05) is 0 Å². The quantitative estimate of drug-likeness (QED) is 0.521. The molecule has 0 radical (unpaired) electrons. The second kappa shape index (κ2) is 7.17. The van der Waals surface area contributed by atoms with Crippen LogP contribution < -0.4 is 11.1 Å². The number of hydrogen-bond donors (Lipinski definition) is 2. The molecule has 8 nitrogen and oxygen atoms in total. The lowest BCUT2D eigenvalue weighted by Crippen LogP contribution is -2.43. The average molecular weight is 315 g/mol. The van der Waals surface area contributed by atoms with Crippen LogP contribution in [0.15, 0.2) is 0 Å². The van der Waals surface area contributed by atoms with Crippen LogP contribution in [0.2, 0.25) is 0 Å². The summed E-state index contributed by atoms with van der Waals surface area (Å²) in [6, 6.07) is -0.961. The Morgan fingerprint density at radius 3 is 2.16 bits per heavy atom. The summed E-state index contributed by atoms with van der Waals surface area (Å²) in [5, 5.41) is 2.37. The molecule has 114 valence electrons. The number of rotatable bonds is 8.